The van der Waals surface area contributed by atoms with Crippen molar-refractivity contribution in [1.82, 2.24) is 5.32 Å². The molecule has 12 heavy (non-hydrogen) atoms. The topological polar surface area (TPSA) is 32.3 Å². The molecule has 1 aliphatic rings. The second-order valence-electron chi connectivity index (χ2n) is 3.51. The first-order valence-corrected chi connectivity index (χ1v) is 6.09. The van der Waals surface area contributed by atoms with Gasteiger partial charge < -0.3 is 10.4 Å². The molecule has 1 unspecified atom stereocenters. The molecule has 0 heterocycles. The Morgan fingerprint density at radius 1 is 1.58 bits per heavy atom. The largest absolute Gasteiger partial charge is 0.395 e. The van der Waals surface area contributed by atoms with Gasteiger partial charge in [-0.15, -0.1) is 0 Å². The number of hydrogen-bond donors (Lipinski definition) is 2. The van der Waals surface area contributed by atoms with Crippen molar-refractivity contribution >= 4 is 11.8 Å². The van der Waals surface area contributed by atoms with Crippen molar-refractivity contribution in [3.05, 3.63) is 0 Å². The Balaban J connectivity index is 1.98. The molecule has 0 aromatic carbocycles. The first kappa shape index (κ1) is 10.4. The predicted molar refractivity (Wildman–Crippen MR) is 54.6 cm³/mol. The van der Waals surface area contributed by atoms with Gasteiger partial charge in [0.1, 0.15) is 0 Å². The van der Waals surface area contributed by atoms with E-state index in [0.717, 1.165) is 24.6 Å². The third kappa shape index (κ3) is 4.33. The van der Waals surface area contributed by atoms with Crippen LogP contribution in [0.15, 0.2) is 0 Å². The quantitative estimate of drug-likeness (QED) is 0.629. The van der Waals surface area contributed by atoms with Crippen molar-refractivity contribution in [1.29, 1.82) is 0 Å². The Kier molecular flexibility index (Phi) is 5.04. The average molecular weight is 189 g/mol. The van der Waals surface area contributed by atoms with Gasteiger partial charge in [-0.05, 0) is 43.7 Å². The fourth-order valence-corrected chi connectivity index (χ4v) is 1.69. The highest BCUT2D eigenvalue weighted by atomic mass is 32.2. The van der Waals surface area contributed by atoms with Gasteiger partial charge in [0.15, 0.2) is 0 Å². The van der Waals surface area contributed by atoms with Gasteiger partial charge >= 0.3 is 0 Å². The van der Waals surface area contributed by atoms with Crippen LogP contribution in [-0.4, -0.2) is 36.3 Å². The normalized spacial score (nSPS) is 19.5. The Morgan fingerprint density at radius 3 is 2.83 bits per heavy atom. The van der Waals surface area contributed by atoms with E-state index in [4.69, 9.17) is 5.11 Å². The summed E-state index contributed by atoms with van der Waals surface area (Å²) in [5, 5.41) is 12.4. The standard InChI is InChI=1S/C9H19NOS/c1-12-5-4-9(7-11)10-6-8-2-3-8/h8-11H,2-7H2,1H3. The molecule has 72 valence electrons. The first-order chi connectivity index (χ1) is 5.86. The molecule has 0 saturated heterocycles. The van der Waals surface area contributed by atoms with Crippen LogP contribution in [0.25, 0.3) is 0 Å². The molecule has 0 amide bonds. The summed E-state index contributed by atoms with van der Waals surface area (Å²) in [4.78, 5) is 0. The van der Waals surface area contributed by atoms with Crippen LogP contribution in [0.5, 0.6) is 0 Å². The molecule has 1 rings (SSSR count). The van der Waals surface area contributed by atoms with Crippen molar-refractivity contribution in [2.45, 2.75) is 25.3 Å². The fourth-order valence-electron chi connectivity index (χ4n) is 1.17. The predicted octanol–water partition coefficient (Wildman–Crippen LogP) is 1.10. The summed E-state index contributed by atoms with van der Waals surface area (Å²) in [6.07, 6.45) is 5.96. The summed E-state index contributed by atoms with van der Waals surface area (Å²) in [5.41, 5.74) is 0. The van der Waals surface area contributed by atoms with E-state index in [1.165, 1.54) is 12.8 Å². The van der Waals surface area contributed by atoms with Crippen LogP contribution in [0.4, 0.5) is 0 Å². The molecular weight excluding hydrogens is 170 g/mol. The summed E-state index contributed by atoms with van der Waals surface area (Å²) < 4.78 is 0. The third-order valence-corrected chi connectivity index (χ3v) is 2.93. The molecule has 0 aromatic heterocycles. The zero-order chi connectivity index (χ0) is 8.81. The highest BCUT2D eigenvalue weighted by Gasteiger charge is 2.21. The lowest BCUT2D eigenvalue weighted by Crippen LogP contribution is -2.34. The molecule has 0 bridgehead atoms. The zero-order valence-corrected chi connectivity index (χ0v) is 8.57. The molecule has 0 aromatic rings. The van der Waals surface area contributed by atoms with Crippen LogP contribution in [0.3, 0.4) is 0 Å². The van der Waals surface area contributed by atoms with Crippen molar-refractivity contribution < 1.29 is 5.11 Å². The van der Waals surface area contributed by atoms with Gasteiger partial charge in [-0.2, -0.15) is 11.8 Å². The Bertz CT molecular complexity index is 117. The lowest BCUT2D eigenvalue weighted by Gasteiger charge is -2.14. The lowest BCUT2D eigenvalue weighted by molar-refractivity contribution is 0.239. The molecule has 2 N–H and O–H groups in total. The third-order valence-electron chi connectivity index (χ3n) is 2.28. The first-order valence-electron chi connectivity index (χ1n) is 4.70. The summed E-state index contributed by atoms with van der Waals surface area (Å²) in [5.74, 6) is 2.05. The van der Waals surface area contributed by atoms with E-state index in [0.29, 0.717) is 6.04 Å². The number of thioether (sulfide) groups is 1. The van der Waals surface area contributed by atoms with Crippen LogP contribution in [0, 0.1) is 5.92 Å². The van der Waals surface area contributed by atoms with Crippen molar-refractivity contribution in [3.63, 3.8) is 0 Å². The van der Waals surface area contributed by atoms with Crippen LogP contribution in [0.2, 0.25) is 0 Å². The second-order valence-corrected chi connectivity index (χ2v) is 4.50. The van der Waals surface area contributed by atoms with Gasteiger partial charge in [-0.1, -0.05) is 0 Å². The van der Waals surface area contributed by atoms with Gasteiger partial charge in [-0.3, -0.25) is 0 Å². The van der Waals surface area contributed by atoms with Gasteiger partial charge in [0.05, 0.1) is 6.61 Å². The molecule has 3 heteroatoms. The minimum Gasteiger partial charge on any atom is -0.395 e. The Labute approximate surface area is 79.1 Å². The minimum atomic E-state index is 0.285. The van der Waals surface area contributed by atoms with Gasteiger partial charge in [-0.25, -0.2) is 0 Å². The average Bonchev–Trinajstić information content (AvgIpc) is 2.89. The van der Waals surface area contributed by atoms with Gasteiger partial charge in [0, 0.05) is 6.04 Å². The molecule has 1 atom stereocenters. The maximum atomic E-state index is 9.01. The monoisotopic (exact) mass is 189 g/mol. The molecule has 0 aliphatic heterocycles. The molecular formula is C9H19NOS. The maximum absolute atomic E-state index is 9.01. The molecule has 1 aliphatic carbocycles. The number of hydrogen-bond acceptors (Lipinski definition) is 3. The minimum absolute atomic E-state index is 0.285. The lowest BCUT2D eigenvalue weighted by atomic mass is 10.2. The van der Waals surface area contributed by atoms with Crippen molar-refractivity contribution in [2.24, 2.45) is 5.92 Å². The second kappa shape index (κ2) is 5.84. The number of aliphatic hydroxyl groups is 1. The van der Waals surface area contributed by atoms with E-state index in [1.807, 2.05) is 11.8 Å². The highest BCUT2D eigenvalue weighted by Crippen LogP contribution is 2.27. The SMILES string of the molecule is CSCCC(CO)NCC1CC1. The Morgan fingerprint density at radius 2 is 2.33 bits per heavy atom. The van der Waals surface area contributed by atoms with Crippen LogP contribution < -0.4 is 5.32 Å². The van der Waals surface area contributed by atoms with E-state index in [9.17, 15) is 0 Å². The van der Waals surface area contributed by atoms with Crippen molar-refractivity contribution in [2.75, 3.05) is 25.2 Å². The Hall–Kier alpha value is 0.270. The van der Waals surface area contributed by atoms with E-state index in [1.54, 1.807) is 0 Å². The highest BCUT2D eigenvalue weighted by molar-refractivity contribution is 7.98. The smallest absolute Gasteiger partial charge is 0.0584 e. The summed E-state index contributed by atoms with van der Waals surface area (Å²) >= 11 is 1.84. The number of rotatable bonds is 7. The molecule has 2 nitrogen and oxygen atoms in total. The van der Waals surface area contributed by atoms with Gasteiger partial charge in [0.25, 0.3) is 0 Å². The summed E-state index contributed by atoms with van der Waals surface area (Å²) in [6.45, 7) is 1.40. The molecule has 0 spiro atoms. The number of nitrogens with one attached hydrogen (secondary N) is 1. The molecule has 0 radical (unpaired) electrons. The van der Waals surface area contributed by atoms with E-state index in [-0.39, 0.29) is 6.61 Å². The van der Waals surface area contributed by atoms with Crippen LogP contribution in [-0.2, 0) is 0 Å². The zero-order valence-electron chi connectivity index (χ0n) is 7.75. The van der Waals surface area contributed by atoms with E-state index in [2.05, 4.69) is 11.6 Å². The van der Waals surface area contributed by atoms with Crippen molar-refractivity contribution in [3.8, 4) is 0 Å². The van der Waals surface area contributed by atoms with E-state index >= 15 is 0 Å². The van der Waals surface area contributed by atoms with Gasteiger partial charge in [0.2, 0.25) is 0 Å². The maximum Gasteiger partial charge on any atom is 0.0584 e. The van der Waals surface area contributed by atoms with E-state index < -0.39 is 0 Å². The summed E-state index contributed by atoms with van der Waals surface area (Å²) in [7, 11) is 0. The molecule has 1 fully saturated rings. The molecule has 1 saturated carbocycles. The fraction of sp³-hybridized carbons (Fsp3) is 1.00. The number of aliphatic hydroxyl groups excluding tert-OH is 1. The van der Waals surface area contributed by atoms with Crippen LogP contribution in [0.1, 0.15) is 19.3 Å². The summed E-state index contributed by atoms with van der Waals surface area (Å²) in [6, 6.07) is 0.332. The van der Waals surface area contributed by atoms with Crippen LogP contribution >= 0.6 is 11.8 Å².